The molecule has 0 aliphatic carbocycles. The second kappa shape index (κ2) is 12.6. The summed E-state index contributed by atoms with van der Waals surface area (Å²) in [5.41, 5.74) is 0. The molecule has 1 fully saturated rings. The van der Waals surface area contributed by atoms with Gasteiger partial charge in [-0.05, 0) is 31.6 Å². The predicted molar refractivity (Wildman–Crippen MR) is 94.1 cm³/mol. The highest BCUT2D eigenvalue weighted by molar-refractivity contribution is 14.0. The monoisotopic (exact) mass is 399 g/mol. The number of methoxy groups -OCH3 is 1. The van der Waals surface area contributed by atoms with E-state index in [0.29, 0.717) is 0 Å². The lowest BCUT2D eigenvalue weighted by molar-refractivity contribution is 0.0625. The van der Waals surface area contributed by atoms with Crippen LogP contribution in [0.5, 0.6) is 0 Å². The van der Waals surface area contributed by atoms with Gasteiger partial charge in [-0.15, -0.1) is 24.0 Å². The number of rotatable bonds is 7. The fourth-order valence-corrected chi connectivity index (χ4v) is 2.32. The van der Waals surface area contributed by atoms with Crippen molar-refractivity contribution in [2.24, 2.45) is 10.9 Å². The lowest BCUT2D eigenvalue weighted by Gasteiger charge is -2.26. The van der Waals surface area contributed by atoms with Gasteiger partial charge in [-0.1, -0.05) is 0 Å². The molecule has 1 aliphatic rings. The van der Waals surface area contributed by atoms with E-state index in [1.54, 1.807) is 7.11 Å². The molecule has 1 saturated heterocycles. The maximum Gasteiger partial charge on any atom is 0.193 e. The summed E-state index contributed by atoms with van der Waals surface area (Å²) in [5.74, 6) is 1.78. The Bertz CT molecular complexity index is 259. The summed E-state index contributed by atoms with van der Waals surface area (Å²) in [6, 6.07) is 0. The maximum atomic E-state index is 5.39. The van der Waals surface area contributed by atoms with E-state index in [-0.39, 0.29) is 24.0 Å². The molecule has 0 amide bonds. The molecule has 6 heteroatoms. The Morgan fingerprint density at radius 3 is 2.70 bits per heavy atom. The van der Waals surface area contributed by atoms with Gasteiger partial charge >= 0.3 is 0 Å². The maximum absolute atomic E-state index is 5.39. The molecule has 5 nitrogen and oxygen atoms in total. The van der Waals surface area contributed by atoms with Crippen LogP contribution in [0.1, 0.15) is 25.7 Å². The fourth-order valence-electron chi connectivity index (χ4n) is 2.32. The first-order valence-corrected chi connectivity index (χ1v) is 7.26. The third kappa shape index (κ3) is 8.26. The summed E-state index contributed by atoms with van der Waals surface area (Å²) < 4.78 is 10.4. The molecule has 120 valence electrons. The molecule has 0 aromatic carbocycles. The zero-order valence-corrected chi connectivity index (χ0v) is 15.4. The van der Waals surface area contributed by atoms with Crippen LogP contribution in [0.25, 0.3) is 0 Å². The van der Waals surface area contributed by atoms with Crippen molar-refractivity contribution in [2.75, 3.05) is 54.1 Å². The molecule has 0 atom stereocenters. The Balaban J connectivity index is 0.00000361. The largest absolute Gasteiger partial charge is 0.385 e. The van der Waals surface area contributed by atoms with Gasteiger partial charge in [-0.3, -0.25) is 4.99 Å². The average molecular weight is 399 g/mol. The molecule has 0 spiro atoms. The summed E-state index contributed by atoms with van der Waals surface area (Å²) in [4.78, 5) is 6.53. The average Bonchev–Trinajstić information content (AvgIpc) is 2.46. The fraction of sp³-hybridized carbons (Fsp3) is 0.929. The van der Waals surface area contributed by atoms with E-state index in [9.17, 15) is 0 Å². The summed E-state index contributed by atoms with van der Waals surface area (Å²) in [6.45, 7) is 4.60. The van der Waals surface area contributed by atoms with E-state index in [1.807, 2.05) is 7.05 Å². The topological polar surface area (TPSA) is 46.1 Å². The zero-order valence-electron chi connectivity index (χ0n) is 13.1. The minimum Gasteiger partial charge on any atom is -0.385 e. The van der Waals surface area contributed by atoms with Crippen molar-refractivity contribution >= 4 is 29.9 Å². The van der Waals surface area contributed by atoms with E-state index >= 15 is 0 Å². The van der Waals surface area contributed by atoms with Gasteiger partial charge in [0.1, 0.15) is 0 Å². The van der Waals surface area contributed by atoms with Crippen LogP contribution >= 0.6 is 24.0 Å². The minimum absolute atomic E-state index is 0. The number of hydrogen-bond donors (Lipinski definition) is 1. The molecule has 0 unspecified atom stereocenters. The molecule has 1 rings (SSSR count). The van der Waals surface area contributed by atoms with Crippen molar-refractivity contribution < 1.29 is 9.47 Å². The molecule has 1 heterocycles. The number of nitrogens with zero attached hydrogens (tertiary/aromatic N) is 2. The molecule has 0 saturated carbocycles. The van der Waals surface area contributed by atoms with Gasteiger partial charge in [0, 0.05) is 54.1 Å². The highest BCUT2D eigenvalue weighted by Crippen LogP contribution is 2.18. The number of halogens is 1. The Labute approximate surface area is 140 Å². The van der Waals surface area contributed by atoms with Crippen molar-refractivity contribution in [1.29, 1.82) is 0 Å². The molecule has 20 heavy (non-hydrogen) atoms. The van der Waals surface area contributed by atoms with Crippen LogP contribution in [0.15, 0.2) is 4.99 Å². The number of aliphatic imine (C=N–C) groups is 1. The minimum atomic E-state index is 0. The van der Waals surface area contributed by atoms with E-state index in [2.05, 4.69) is 22.3 Å². The Morgan fingerprint density at radius 1 is 1.40 bits per heavy atom. The highest BCUT2D eigenvalue weighted by atomic mass is 127. The second-order valence-corrected chi connectivity index (χ2v) is 5.09. The quantitative estimate of drug-likeness (QED) is 0.308. The third-order valence-electron chi connectivity index (χ3n) is 3.60. The summed E-state index contributed by atoms with van der Waals surface area (Å²) in [6.07, 6.45) is 4.63. The lowest BCUT2D eigenvalue weighted by atomic mass is 9.96. The molecular formula is C14H30IN3O2. The van der Waals surface area contributed by atoms with Crippen LogP contribution in [0.2, 0.25) is 0 Å². The van der Waals surface area contributed by atoms with Gasteiger partial charge in [-0.2, -0.15) is 0 Å². The van der Waals surface area contributed by atoms with Gasteiger partial charge in [0.25, 0.3) is 0 Å². The van der Waals surface area contributed by atoms with Gasteiger partial charge < -0.3 is 19.7 Å². The summed E-state index contributed by atoms with van der Waals surface area (Å²) in [5, 5.41) is 3.36. The smallest absolute Gasteiger partial charge is 0.193 e. The first kappa shape index (κ1) is 19.9. The van der Waals surface area contributed by atoms with E-state index in [4.69, 9.17) is 9.47 Å². The van der Waals surface area contributed by atoms with E-state index in [0.717, 1.165) is 51.2 Å². The molecule has 0 aromatic heterocycles. The van der Waals surface area contributed by atoms with Gasteiger partial charge in [-0.25, -0.2) is 0 Å². The summed E-state index contributed by atoms with van der Waals surface area (Å²) >= 11 is 0. The zero-order chi connectivity index (χ0) is 13.9. The first-order chi connectivity index (χ1) is 9.27. The third-order valence-corrected chi connectivity index (χ3v) is 3.60. The number of nitrogens with one attached hydrogen (secondary N) is 1. The second-order valence-electron chi connectivity index (χ2n) is 5.09. The Hall–Kier alpha value is -0.0800. The van der Waals surface area contributed by atoms with Crippen LogP contribution in [-0.2, 0) is 9.47 Å². The van der Waals surface area contributed by atoms with Crippen molar-refractivity contribution in [3.63, 3.8) is 0 Å². The van der Waals surface area contributed by atoms with Crippen molar-refractivity contribution in [2.45, 2.75) is 25.7 Å². The van der Waals surface area contributed by atoms with Crippen molar-refractivity contribution in [1.82, 2.24) is 10.2 Å². The first-order valence-electron chi connectivity index (χ1n) is 7.26. The Morgan fingerprint density at radius 2 is 2.10 bits per heavy atom. The van der Waals surface area contributed by atoms with Crippen molar-refractivity contribution in [3.05, 3.63) is 0 Å². The van der Waals surface area contributed by atoms with E-state index < -0.39 is 0 Å². The predicted octanol–water partition coefficient (Wildman–Crippen LogP) is 1.96. The lowest BCUT2D eigenvalue weighted by Crippen LogP contribution is -2.40. The number of guanidine groups is 1. The Kier molecular flexibility index (Phi) is 12.6. The molecule has 1 aliphatic heterocycles. The van der Waals surface area contributed by atoms with Crippen molar-refractivity contribution in [3.8, 4) is 0 Å². The standard InChI is InChI=1S/C14H29N3O2.HI/c1-15-14(16-8-4-10-18-3)17(2)9-5-13-6-11-19-12-7-13;/h13H,4-12H2,1-3H3,(H,15,16);1H. The van der Waals surface area contributed by atoms with E-state index in [1.165, 1.54) is 19.3 Å². The SMILES string of the molecule is CN=C(NCCCOC)N(C)CCC1CCOCC1.I. The molecule has 1 N–H and O–H groups in total. The molecule has 0 bridgehead atoms. The number of hydrogen-bond acceptors (Lipinski definition) is 3. The van der Waals surface area contributed by atoms with Crippen LogP contribution in [0, 0.1) is 5.92 Å². The summed E-state index contributed by atoms with van der Waals surface area (Å²) in [7, 11) is 5.67. The molecule has 0 radical (unpaired) electrons. The van der Waals surface area contributed by atoms with Gasteiger partial charge in [0.15, 0.2) is 5.96 Å². The highest BCUT2D eigenvalue weighted by Gasteiger charge is 2.15. The van der Waals surface area contributed by atoms with Crippen LogP contribution in [0.4, 0.5) is 0 Å². The normalized spacial score (nSPS) is 16.6. The number of ether oxygens (including phenoxy) is 2. The van der Waals surface area contributed by atoms with Gasteiger partial charge in [0.2, 0.25) is 0 Å². The molecule has 0 aromatic rings. The van der Waals surface area contributed by atoms with Gasteiger partial charge in [0.05, 0.1) is 0 Å². The van der Waals surface area contributed by atoms with Crippen LogP contribution in [0.3, 0.4) is 0 Å². The van der Waals surface area contributed by atoms with Crippen LogP contribution in [-0.4, -0.2) is 65.0 Å². The van der Waals surface area contributed by atoms with Crippen LogP contribution < -0.4 is 5.32 Å². The molecular weight excluding hydrogens is 369 g/mol.